The van der Waals surface area contributed by atoms with Crippen molar-refractivity contribution in [3.63, 3.8) is 0 Å². The lowest BCUT2D eigenvalue weighted by Crippen LogP contribution is -2.25. The van der Waals surface area contributed by atoms with Gasteiger partial charge in [-0.2, -0.15) is 0 Å². The monoisotopic (exact) mass is 279 g/mol. The lowest BCUT2D eigenvalue weighted by atomic mass is 10.2. The van der Waals surface area contributed by atoms with Crippen LogP contribution in [0.4, 0.5) is 4.39 Å². The number of amides is 1. The van der Waals surface area contributed by atoms with Crippen LogP contribution < -0.4 is 5.32 Å². The second-order valence-electron chi connectivity index (χ2n) is 3.34. The van der Waals surface area contributed by atoms with Crippen LogP contribution in [0.15, 0.2) is 23.1 Å². The molecule has 1 amide bonds. The highest BCUT2D eigenvalue weighted by Crippen LogP contribution is 2.18. The SMILES string of the molecule is CCCNC(=O)c1ccc(S(=O)(=O)Cl)cc1F. The Bertz CT molecular complexity index is 530. The van der Waals surface area contributed by atoms with E-state index >= 15 is 0 Å². The smallest absolute Gasteiger partial charge is 0.261 e. The highest BCUT2D eigenvalue weighted by molar-refractivity contribution is 8.13. The number of rotatable bonds is 4. The van der Waals surface area contributed by atoms with Crippen LogP contribution in [-0.2, 0) is 9.05 Å². The molecule has 0 saturated carbocycles. The van der Waals surface area contributed by atoms with Gasteiger partial charge in [-0.1, -0.05) is 6.92 Å². The Balaban J connectivity index is 3.02. The molecule has 17 heavy (non-hydrogen) atoms. The molecule has 4 nitrogen and oxygen atoms in total. The molecular formula is C10H11ClFNO3S. The fourth-order valence-electron chi connectivity index (χ4n) is 1.17. The highest BCUT2D eigenvalue weighted by atomic mass is 35.7. The summed E-state index contributed by atoms with van der Waals surface area (Å²) >= 11 is 0. The molecule has 0 aliphatic heterocycles. The van der Waals surface area contributed by atoms with Gasteiger partial charge in [-0.05, 0) is 24.6 Å². The van der Waals surface area contributed by atoms with Crippen molar-refractivity contribution < 1.29 is 17.6 Å². The predicted octanol–water partition coefficient (Wildman–Crippen LogP) is 1.89. The Labute approximate surface area is 103 Å². The van der Waals surface area contributed by atoms with Crippen LogP contribution in [-0.4, -0.2) is 20.9 Å². The number of hydrogen-bond donors (Lipinski definition) is 1. The minimum absolute atomic E-state index is 0.206. The zero-order valence-corrected chi connectivity index (χ0v) is 10.6. The molecule has 0 aromatic heterocycles. The van der Waals surface area contributed by atoms with Gasteiger partial charge in [0.05, 0.1) is 10.5 Å². The molecule has 0 bridgehead atoms. The van der Waals surface area contributed by atoms with Gasteiger partial charge in [0.2, 0.25) is 0 Å². The summed E-state index contributed by atoms with van der Waals surface area (Å²) in [5, 5.41) is 2.49. The van der Waals surface area contributed by atoms with E-state index in [1.54, 1.807) is 0 Å². The van der Waals surface area contributed by atoms with E-state index in [0.717, 1.165) is 24.6 Å². The average molecular weight is 280 g/mol. The minimum Gasteiger partial charge on any atom is -0.352 e. The molecule has 0 fully saturated rings. The summed E-state index contributed by atoms with van der Waals surface area (Å²) in [6.45, 7) is 2.29. The molecule has 0 heterocycles. The van der Waals surface area contributed by atoms with E-state index in [1.807, 2.05) is 6.92 Å². The van der Waals surface area contributed by atoms with Gasteiger partial charge in [-0.3, -0.25) is 4.79 Å². The molecular weight excluding hydrogens is 269 g/mol. The molecule has 94 valence electrons. The van der Waals surface area contributed by atoms with E-state index in [1.165, 1.54) is 0 Å². The van der Waals surface area contributed by atoms with Crippen molar-refractivity contribution >= 4 is 25.6 Å². The Morgan fingerprint density at radius 1 is 1.47 bits per heavy atom. The second-order valence-corrected chi connectivity index (χ2v) is 5.90. The van der Waals surface area contributed by atoms with E-state index in [0.29, 0.717) is 6.54 Å². The molecule has 1 rings (SSSR count). The zero-order chi connectivity index (χ0) is 13.1. The summed E-state index contributed by atoms with van der Waals surface area (Å²) < 4.78 is 35.3. The molecule has 7 heteroatoms. The number of carbonyl (C=O) groups is 1. The topological polar surface area (TPSA) is 63.2 Å². The third-order valence-corrected chi connectivity index (χ3v) is 3.35. The van der Waals surface area contributed by atoms with E-state index in [2.05, 4.69) is 5.32 Å². The molecule has 0 aliphatic carbocycles. The van der Waals surface area contributed by atoms with E-state index in [9.17, 15) is 17.6 Å². The maximum atomic E-state index is 13.5. The number of carbonyl (C=O) groups excluding carboxylic acids is 1. The summed E-state index contributed by atoms with van der Waals surface area (Å²) in [6.07, 6.45) is 0.724. The Morgan fingerprint density at radius 3 is 2.59 bits per heavy atom. The van der Waals surface area contributed by atoms with Crippen LogP contribution in [0.3, 0.4) is 0 Å². The predicted molar refractivity (Wildman–Crippen MR) is 62.1 cm³/mol. The van der Waals surface area contributed by atoms with Gasteiger partial charge in [0.1, 0.15) is 5.82 Å². The number of nitrogens with one attached hydrogen (secondary N) is 1. The lowest BCUT2D eigenvalue weighted by molar-refractivity contribution is 0.0949. The van der Waals surface area contributed by atoms with E-state index in [4.69, 9.17) is 10.7 Å². The molecule has 0 radical (unpaired) electrons. The maximum absolute atomic E-state index is 13.5. The van der Waals surface area contributed by atoms with Gasteiger partial charge in [-0.25, -0.2) is 12.8 Å². The summed E-state index contributed by atoms with van der Waals surface area (Å²) in [5.74, 6) is -1.50. The van der Waals surface area contributed by atoms with Crippen LogP contribution >= 0.6 is 10.7 Å². The average Bonchev–Trinajstić information content (AvgIpc) is 2.24. The standard InChI is InChI=1S/C10H11ClFNO3S/c1-2-5-13-10(14)8-4-3-7(6-9(8)12)17(11,15)16/h3-4,6H,2,5H2,1H3,(H,13,14). The van der Waals surface area contributed by atoms with Crippen molar-refractivity contribution in [2.45, 2.75) is 18.2 Å². The first-order valence-corrected chi connectivity index (χ1v) is 7.19. The quantitative estimate of drug-likeness (QED) is 0.856. The van der Waals surface area contributed by atoms with Gasteiger partial charge < -0.3 is 5.32 Å². The van der Waals surface area contributed by atoms with Crippen LogP contribution in [0.5, 0.6) is 0 Å². The summed E-state index contributed by atoms with van der Waals surface area (Å²) in [7, 11) is 1.07. The largest absolute Gasteiger partial charge is 0.352 e. The fraction of sp³-hybridized carbons (Fsp3) is 0.300. The van der Waals surface area contributed by atoms with Crippen LogP contribution in [0.1, 0.15) is 23.7 Å². The molecule has 0 atom stereocenters. The molecule has 0 saturated heterocycles. The molecule has 1 aromatic rings. The molecule has 1 aromatic carbocycles. The van der Waals surface area contributed by atoms with E-state index < -0.39 is 20.8 Å². The Morgan fingerprint density at radius 2 is 2.12 bits per heavy atom. The zero-order valence-electron chi connectivity index (χ0n) is 9.04. The Hall–Kier alpha value is -1.14. The van der Waals surface area contributed by atoms with Gasteiger partial charge in [0, 0.05) is 17.2 Å². The highest BCUT2D eigenvalue weighted by Gasteiger charge is 2.16. The van der Waals surface area contributed by atoms with Gasteiger partial charge in [0.15, 0.2) is 0 Å². The lowest BCUT2D eigenvalue weighted by Gasteiger charge is -2.05. The summed E-state index contributed by atoms with van der Waals surface area (Å²) in [4.78, 5) is 11.1. The first-order valence-electron chi connectivity index (χ1n) is 4.88. The van der Waals surface area contributed by atoms with Crippen molar-refractivity contribution in [3.05, 3.63) is 29.6 Å². The van der Waals surface area contributed by atoms with Crippen molar-refractivity contribution in [2.24, 2.45) is 0 Å². The molecule has 1 N–H and O–H groups in total. The minimum atomic E-state index is -3.98. The van der Waals surface area contributed by atoms with Crippen LogP contribution in [0, 0.1) is 5.82 Å². The van der Waals surface area contributed by atoms with Gasteiger partial charge in [-0.15, -0.1) is 0 Å². The third-order valence-electron chi connectivity index (χ3n) is 2.00. The molecule has 0 unspecified atom stereocenters. The van der Waals surface area contributed by atoms with Crippen molar-refractivity contribution in [1.82, 2.24) is 5.32 Å². The van der Waals surface area contributed by atoms with Crippen molar-refractivity contribution in [3.8, 4) is 0 Å². The summed E-state index contributed by atoms with van der Waals surface area (Å²) in [5.41, 5.74) is -0.206. The van der Waals surface area contributed by atoms with Crippen molar-refractivity contribution in [1.29, 1.82) is 0 Å². The fourth-order valence-corrected chi connectivity index (χ4v) is 1.93. The number of benzene rings is 1. The second kappa shape index (κ2) is 5.46. The van der Waals surface area contributed by atoms with Crippen LogP contribution in [0.25, 0.3) is 0 Å². The Kier molecular flexibility index (Phi) is 4.47. The maximum Gasteiger partial charge on any atom is 0.261 e. The normalized spacial score (nSPS) is 11.2. The molecule has 0 aliphatic rings. The first kappa shape index (κ1) is 13.9. The summed E-state index contributed by atoms with van der Waals surface area (Å²) in [6, 6.07) is 2.91. The van der Waals surface area contributed by atoms with E-state index in [-0.39, 0.29) is 10.5 Å². The van der Waals surface area contributed by atoms with Gasteiger partial charge in [0.25, 0.3) is 15.0 Å². The molecule has 0 spiro atoms. The first-order chi connectivity index (χ1) is 7.86. The van der Waals surface area contributed by atoms with Crippen LogP contribution in [0.2, 0.25) is 0 Å². The van der Waals surface area contributed by atoms with Gasteiger partial charge >= 0.3 is 0 Å². The third kappa shape index (κ3) is 3.67. The number of halogens is 2. The number of hydrogen-bond acceptors (Lipinski definition) is 3. The van der Waals surface area contributed by atoms with Crippen molar-refractivity contribution in [2.75, 3.05) is 6.54 Å².